The first-order valence-electron chi connectivity index (χ1n) is 8.70. The molecule has 1 saturated heterocycles. The maximum Gasteiger partial charge on any atom is 0.246 e. The Morgan fingerprint density at radius 3 is 2.25 bits per heavy atom. The number of aromatic nitrogens is 2. The third kappa shape index (κ3) is 3.83. The topological polar surface area (TPSA) is 58.4 Å². The first-order valence-corrected chi connectivity index (χ1v) is 10.1. The van der Waals surface area contributed by atoms with Gasteiger partial charge in [0, 0.05) is 30.7 Å². The standard InChI is InChI=1S/C17H32N4O2S/c1-13(2)21-12-15(16(18-21)17(3,4)5)24(22,23)20(7)14-8-10-19(6)11-9-14/h12-14H,8-11H2,1-7H3. The van der Waals surface area contributed by atoms with Crippen molar-refractivity contribution in [1.29, 1.82) is 0 Å². The van der Waals surface area contributed by atoms with E-state index in [1.807, 2.05) is 34.6 Å². The van der Waals surface area contributed by atoms with Gasteiger partial charge in [0.25, 0.3) is 0 Å². The molecule has 0 saturated carbocycles. The third-order valence-corrected chi connectivity index (χ3v) is 6.71. The van der Waals surface area contributed by atoms with E-state index in [-0.39, 0.29) is 17.5 Å². The van der Waals surface area contributed by atoms with Crippen molar-refractivity contribution in [3.8, 4) is 0 Å². The van der Waals surface area contributed by atoms with E-state index >= 15 is 0 Å². The van der Waals surface area contributed by atoms with Crippen molar-refractivity contribution in [3.63, 3.8) is 0 Å². The van der Waals surface area contributed by atoms with Crippen molar-refractivity contribution >= 4 is 10.0 Å². The van der Waals surface area contributed by atoms with Crippen LogP contribution in [0, 0.1) is 0 Å². The number of piperidine rings is 1. The smallest absolute Gasteiger partial charge is 0.246 e. The minimum Gasteiger partial charge on any atom is -0.306 e. The van der Waals surface area contributed by atoms with E-state index in [0.29, 0.717) is 10.6 Å². The maximum atomic E-state index is 13.3. The Hall–Kier alpha value is -0.920. The van der Waals surface area contributed by atoms with Crippen LogP contribution in [0.4, 0.5) is 0 Å². The molecule has 0 aromatic carbocycles. The van der Waals surface area contributed by atoms with E-state index < -0.39 is 10.0 Å². The van der Waals surface area contributed by atoms with Crippen LogP contribution in [-0.2, 0) is 15.4 Å². The van der Waals surface area contributed by atoms with Crippen LogP contribution in [0.25, 0.3) is 0 Å². The molecule has 24 heavy (non-hydrogen) atoms. The van der Waals surface area contributed by atoms with Gasteiger partial charge in [0.1, 0.15) is 4.90 Å². The monoisotopic (exact) mass is 356 g/mol. The quantitative estimate of drug-likeness (QED) is 0.832. The Labute approximate surface area is 146 Å². The van der Waals surface area contributed by atoms with Crippen LogP contribution in [0.2, 0.25) is 0 Å². The molecule has 2 heterocycles. The third-order valence-electron chi connectivity index (χ3n) is 4.80. The van der Waals surface area contributed by atoms with Crippen LogP contribution in [0.3, 0.4) is 0 Å². The molecule has 1 aliphatic heterocycles. The molecule has 0 spiro atoms. The molecule has 1 aliphatic rings. The normalized spacial score (nSPS) is 18.7. The molecule has 0 N–H and O–H groups in total. The van der Waals surface area contributed by atoms with Crippen molar-refractivity contribution in [1.82, 2.24) is 19.0 Å². The van der Waals surface area contributed by atoms with Gasteiger partial charge in [-0.25, -0.2) is 8.42 Å². The van der Waals surface area contributed by atoms with Gasteiger partial charge in [-0.2, -0.15) is 9.40 Å². The fourth-order valence-electron chi connectivity index (χ4n) is 3.06. The van der Waals surface area contributed by atoms with Gasteiger partial charge in [-0.1, -0.05) is 20.8 Å². The summed E-state index contributed by atoms with van der Waals surface area (Å²) in [5.41, 5.74) is 0.326. The molecule has 0 unspecified atom stereocenters. The summed E-state index contributed by atoms with van der Waals surface area (Å²) in [6.07, 6.45) is 3.44. The largest absolute Gasteiger partial charge is 0.306 e. The first-order chi connectivity index (χ1) is 10.9. The highest BCUT2D eigenvalue weighted by molar-refractivity contribution is 7.89. The minimum absolute atomic E-state index is 0.0569. The van der Waals surface area contributed by atoms with Crippen LogP contribution < -0.4 is 0 Å². The van der Waals surface area contributed by atoms with E-state index in [9.17, 15) is 8.42 Å². The van der Waals surface area contributed by atoms with Gasteiger partial charge >= 0.3 is 0 Å². The fourth-order valence-corrected chi connectivity index (χ4v) is 4.80. The van der Waals surface area contributed by atoms with Crippen LogP contribution in [0.5, 0.6) is 0 Å². The Bertz CT molecular complexity index is 665. The summed E-state index contributed by atoms with van der Waals surface area (Å²) in [5.74, 6) is 0. The zero-order chi connectivity index (χ0) is 18.3. The molecular formula is C17H32N4O2S. The Kier molecular flexibility index (Phi) is 5.47. The molecule has 0 radical (unpaired) electrons. The number of rotatable bonds is 4. The predicted molar refractivity (Wildman–Crippen MR) is 96.8 cm³/mol. The highest BCUT2D eigenvalue weighted by Crippen LogP contribution is 2.31. The van der Waals surface area contributed by atoms with Gasteiger partial charge in [0.2, 0.25) is 10.0 Å². The average Bonchev–Trinajstić information content (AvgIpc) is 2.93. The van der Waals surface area contributed by atoms with Gasteiger partial charge < -0.3 is 4.90 Å². The molecule has 6 nitrogen and oxygen atoms in total. The lowest BCUT2D eigenvalue weighted by Crippen LogP contribution is -2.44. The van der Waals surface area contributed by atoms with Crippen molar-refractivity contribution in [2.45, 2.75) is 69.9 Å². The summed E-state index contributed by atoms with van der Waals surface area (Å²) in [7, 11) is 0.240. The van der Waals surface area contributed by atoms with E-state index in [1.54, 1.807) is 22.2 Å². The molecule has 0 amide bonds. The van der Waals surface area contributed by atoms with Gasteiger partial charge in [-0.3, -0.25) is 4.68 Å². The predicted octanol–water partition coefficient (Wildman–Crippen LogP) is 2.48. The van der Waals surface area contributed by atoms with E-state index in [2.05, 4.69) is 17.0 Å². The van der Waals surface area contributed by atoms with Crippen LogP contribution in [-0.4, -0.2) is 60.6 Å². The molecule has 1 aromatic rings. The van der Waals surface area contributed by atoms with Crippen LogP contribution in [0.1, 0.15) is 59.2 Å². The van der Waals surface area contributed by atoms with Crippen molar-refractivity contribution in [2.75, 3.05) is 27.2 Å². The second kappa shape index (κ2) is 6.77. The molecule has 7 heteroatoms. The highest BCUT2D eigenvalue weighted by Gasteiger charge is 2.36. The van der Waals surface area contributed by atoms with Crippen LogP contribution >= 0.6 is 0 Å². The molecule has 138 valence electrons. The number of hydrogen-bond donors (Lipinski definition) is 0. The first kappa shape index (κ1) is 19.4. The SMILES string of the molecule is CC(C)n1cc(S(=O)(=O)N(C)C2CCN(C)CC2)c(C(C)(C)C)n1. The summed E-state index contributed by atoms with van der Waals surface area (Å²) in [6, 6.07) is 0.185. The lowest BCUT2D eigenvalue weighted by molar-refractivity contribution is 0.197. The van der Waals surface area contributed by atoms with E-state index in [1.165, 1.54) is 0 Å². The Balaban J connectivity index is 2.41. The summed E-state index contributed by atoms with van der Waals surface area (Å²) < 4.78 is 29.9. The molecule has 1 fully saturated rings. The van der Waals surface area contributed by atoms with Crippen molar-refractivity contribution in [3.05, 3.63) is 11.9 Å². The summed E-state index contributed by atoms with van der Waals surface area (Å²) in [5, 5.41) is 4.59. The number of hydrogen-bond acceptors (Lipinski definition) is 4. The van der Waals surface area contributed by atoms with Gasteiger partial charge in [-0.15, -0.1) is 0 Å². The molecule has 2 rings (SSSR count). The zero-order valence-electron chi connectivity index (χ0n) is 16.1. The molecular weight excluding hydrogens is 324 g/mol. The van der Waals surface area contributed by atoms with E-state index in [0.717, 1.165) is 25.9 Å². The fraction of sp³-hybridized carbons (Fsp3) is 0.824. The molecule has 0 aliphatic carbocycles. The van der Waals surface area contributed by atoms with Gasteiger partial charge in [0.05, 0.1) is 5.69 Å². The summed E-state index contributed by atoms with van der Waals surface area (Å²) in [6.45, 7) is 11.9. The minimum atomic E-state index is -3.55. The van der Waals surface area contributed by atoms with Gasteiger partial charge in [0.15, 0.2) is 0 Å². The molecule has 1 aromatic heterocycles. The number of likely N-dealkylation sites (tertiary alicyclic amines) is 1. The summed E-state index contributed by atoms with van der Waals surface area (Å²) >= 11 is 0. The maximum absolute atomic E-state index is 13.3. The zero-order valence-corrected chi connectivity index (χ0v) is 16.9. The second-order valence-corrected chi connectivity index (χ2v) is 10.2. The number of nitrogens with zero attached hydrogens (tertiary/aromatic N) is 4. The average molecular weight is 357 g/mol. The Morgan fingerprint density at radius 1 is 1.25 bits per heavy atom. The highest BCUT2D eigenvalue weighted by atomic mass is 32.2. The second-order valence-electron chi connectivity index (χ2n) is 8.22. The van der Waals surface area contributed by atoms with Crippen molar-refractivity contribution in [2.24, 2.45) is 0 Å². The van der Waals surface area contributed by atoms with Crippen LogP contribution in [0.15, 0.2) is 11.1 Å². The van der Waals surface area contributed by atoms with Crippen molar-refractivity contribution < 1.29 is 8.42 Å². The van der Waals surface area contributed by atoms with E-state index in [4.69, 9.17) is 0 Å². The number of sulfonamides is 1. The lowest BCUT2D eigenvalue weighted by Gasteiger charge is -2.34. The molecule has 0 bridgehead atoms. The lowest BCUT2D eigenvalue weighted by atomic mass is 9.92. The Morgan fingerprint density at radius 2 is 1.79 bits per heavy atom. The van der Waals surface area contributed by atoms with Gasteiger partial charge in [-0.05, 0) is 46.8 Å². The molecule has 0 atom stereocenters. The summed E-state index contributed by atoms with van der Waals surface area (Å²) in [4.78, 5) is 2.60.